The predicted octanol–water partition coefficient (Wildman–Crippen LogP) is 0.343. The number of hydroxylamine groups is 2. The van der Waals surface area contributed by atoms with E-state index in [4.69, 9.17) is 4.84 Å². The van der Waals surface area contributed by atoms with Gasteiger partial charge in [-0.3, -0.25) is 9.63 Å². The van der Waals surface area contributed by atoms with E-state index < -0.39 is 5.60 Å². The lowest BCUT2D eigenvalue weighted by atomic mass is 9.69. The average Bonchev–Trinajstić information content (AvgIpc) is 2.66. The number of amides is 1. The van der Waals surface area contributed by atoms with Gasteiger partial charge in [-0.2, -0.15) is 5.06 Å². The Morgan fingerprint density at radius 3 is 2.27 bits per heavy atom. The van der Waals surface area contributed by atoms with Crippen LogP contribution in [0.1, 0.15) is 81.1 Å². The van der Waals surface area contributed by atoms with Gasteiger partial charge in [0.15, 0.2) is 5.60 Å². The maximum absolute atomic E-state index is 13.0. The Labute approximate surface area is 196 Å². The second-order valence-electron chi connectivity index (χ2n) is 10.6. The van der Waals surface area contributed by atoms with Crippen molar-refractivity contribution in [3.63, 3.8) is 0 Å². The van der Waals surface area contributed by atoms with Gasteiger partial charge in [0.05, 0.1) is 33.3 Å². The molecule has 0 radical (unpaired) electrons. The van der Waals surface area contributed by atoms with E-state index in [0.29, 0.717) is 13.0 Å². The molecule has 1 heterocycles. The average molecular weight is 495 g/mol. The van der Waals surface area contributed by atoms with Gasteiger partial charge in [-0.1, -0.05) is 20.8 Å². The standard InChI is InChI=1S/C23H47N3O3.BrH/c1-11-22(7)17-19(27)18(4)23(8,12-2)25(22)29-21(5,6)20(28)24-15-14-16-26(9,10)13-3;/h18-19,27H,11-17H2,1-10H3;1H. The molecule has 2 N–H and O–H groups in total. The van der Waals surface area contributed by atoms with Gasteiger partial charge in [-0.15, -0.1) is 0 Å². The molecule has 1 saturated heterocycles. The zero-order chi connectivity index (χ0) is 22.7. The molecule has 0 saturated carbocycles. The number of hydrogen-bond donors (Lipinski definition) is 2. The van der Waals surface area contributed by atoms with Gasteiger partial charge in [0.25, 0.3) is 5.91 Å². The van der Waals surface area contributed by atoms with Gasteiger partial charge in [-0.05, 0) is 53.9 Å². The number of carbonyl (C=O) groups is 1. The highest BCUT2D eigenvalue weighted by Gasteiger charge is 2.55. The summed E-state index contributed by atoms with van der Waals surface area (Å²) in [5.41, 5.74) is -1.65. The molecule has 1 amide bonds. The van der Waals surface area contributed by atoms with E-state index in [2.05, 4.69) is 61.0 Å². The summed E-state index contributed by atoms with van der Waals surface area (Å²) in [6.45, 7) is 19.2. The van der Waals surface area contributed by atoms with Crippen molar-refractivity contribution in [3.8, 4) is 0 Å². The second-order valence-corrected chi connectivity index (χ2v) is 10.6. The molecule has 1 rings (SSSR count). The fourth-order valence-electron chi connectivity index (χ4n) is 4.24. The normalized spacial score (nSPS) is 30.6. The minimum absolute atomic E-state index is 0. The van der Waals surface area contributed by atoms with Crippen LogP contribution in [0.25, 0.3) is 0 Å². The van der Waals surface area contributed by atoms with E-state index in [-0.39, 0.29) is 46.0 Å². The molecule has 180 valence electrons. The molecule has 30 heavy (non-hydrogen) atoms. The summed E-state index contributed by atoms with van der Waals surface area (Å²) in [6, 6.07) is 0. The molecule has 6 nitrogen and oxygen atoms in total. The molecule has 1 aliphatic heterocycles. The van der Waals surface area contributed by atoms with Crippen molar-refractivity contribution < 1.29 is 36.2 Å². The molecule has 4 atom stereocenters. The number of carbonyl (C=O) groups excluding carboxylic acids is 1. The molecular formula is C23H48BrN3O3. The highest BCUT2D eigenvalue weighted by molar-refractivity contribution is 5.84. The Morgan fingerprint density at radius 2 is 1.80 bits per heavy atom. The SMILES string of the molecule is CCC1(C)CC(O)C(C)C(C)(CC)N1OC(C)(C)C(=O)NCCC[N+](C)(C)CC.[Br-]. The fraction of sp³-hybridized carbons (Fsp3) is 0.957. The van der Waals surface area contributed by atoms with E-state index in [9.17, 15) is 9.90 Å². The topological polar surface area (TPSA) is 61.8 Å². The number of nitrogens with zero attached hydrogens (tertiary/aromatic N) is 2. The third-order valence-corrected chi connectivity index (χ3v) is 7.59. The van der Waals surface area contributed by atoms with Crippen LogP contribution in [-0.2, 0) is 9.63 Å². The highest BCUT2D eigenvalue weighted by atomic mass is 79.9. The molecule has 1 aliphatic rings. The predicted molar refractivity (Wildman–Crippen MR) is 119 cm³/mol. The summed E-state index contributed by atoms with van der Waals surface area (Å²) >= 11 is 0. The lowest BCUT2D eigenvalue weighted by molar-refractivity contribution is -0.888. The molecule has 4 unspecified atom stereocenters. The number of quaternary nitrogens is 1. The molecule has 0 spiro atoms. The summed E-state index contributed by atoms with van der Waals surface area (Å²) in [5.74, 6) is -0.0324. The minimum atomic E-state index is -0.982. The summed E-state index contributed by atoms with van der Waals surface area (Å²) < 4.78 is 0.952. The molecule has 0 bridgehead atoms. The number of piperidine rings is 1. The van der Waals surface area contributed by atoms with Crippen LogP contribution in [0.15, 0.2) is 0 Å². The molecule has 1 fully saturated rings. The van der Waals surface area contributed by atoms with Crippen molar-refractivity contribution in [1.29, 1.82) is 0 Å². The van der Waals surface area contributed by atoms with Crippen molar-refractivity contribution in [2.24, 2.45) is 5.92 Å². The lowest BCUT2D eigenvalue weighted by Crippen LogP contribution is -3.00. The van der Waals surface area contributed by atoms with Crippen LogP contribution < -0.4 is 22.3 Å². The van der Waals surface area contributed by atoms with Crippen LogP contribution in [0.5, 0.6) is 0 Å². The third-order valence-electron chi connectivity index (χ3n) is 7.59. The van der Waals surface area contributed by atoms with Crippen LogP contribution in [-0.4, -0.2) is 77.1 Å². The van der Waals surface area contributed by atoms with E-state index in [1.54, 1.807) is 0 Å². The van der Waals surface area contributed by atoms with Gasteiger partial charge in [0.2, 0.25) is 0 Å². The van der Waals surface area contributed by atoms with Crippen LogP contribution >= 0.6 is 0 Å². The van der Waals surface area contributed by atoms with Crippen LogP contribution in [0.4, 0.5) is 0 Å². The first-order valence-electron chi connectivity index (χ1n) is 11.5. The summed E-state index contributed by atoms with van der Waals surface area (Å²) in [6.07, 6.45) is 2.88. The van der Waals surface area contributed by atoms with E-state index in [1.807, 2.05) is 18.9 Å². The van der Waals surface area contributed by atoms with Crippen LogP contribution in [0.2, 0.25) is 0 Å². The molecule has 0 aromatic heterocycles. The van der Waals surface area contributed by atoms with E-state index in [0.717, 1.165) is 36.8 Å². The van der Waals surface area contributed by atoms with E-state index >= 15 is 0 Å². The van der Waals surface area contributed by atoms with Gasteiger partial charge in [0.1, 0.15) is 0 Å². The number of nitrogens with one attached hydrogen (secondary N) is 1. The molecule has 0 aromatic rings. The highest BCUT2D eigenvalue weighted by Crippen LogP contribution is 2.46. The molecular weight excluding hydrogens is 446 g/mol. The Hall–Kier alpha value is -0.210. The summed E-state index contributed by atoms with van der Waals surface area (Å²) in [4.78, 5) is 19.5. The Bertz CT molecular complexity index is 558. The zero-order valence-corrected chi connectivity index (χ0v) is 22.7. The Morgan fingerprint density at radius 1 is 1.23 bits per heavy atom. The minimum Gasteiger partial charge on any atom is -1.00 e. The van der Waals surface area contributed by atoms with Crippen LogP contribution in [0, 0.1) is 5.92 Å². The van der Waals surface area contributed by atoms with Gasteiger partial charge >= 0.3 is 0 Å². The maximum atomic E-state index is 13.0. The van der Waals surface area contributed by atoms with E-state index in [1.165, 1.54) is 0 Å². The number of aliphatic hydroxyl groups excluding tert-OH is 1. The zero-order valence-electron chi connectivity index (χ0n) is 21.1. The maximum Gasteiger partial charge on any atom is 0.253 e. The van der Waals surface area contributed by atoms with Gasteiger partial charge < -0.3 is 31.9 Å². The van der Waals surface area contributed by atoms with Gasteiger partial charge in [-0.25, -0.2) is 0 Å². The summed E-state index contributed by atoms with van der Waals surface area (Å²) in [7, 11) is 4.41. The lowest BCUT2D eigenvalue weighted by Gasteiger charge is -2.59. The Kier molecular flexibility index (Phi) is 11.0. The fourth-order valence-corrected chi connectivity index (χ4v) is 4.24. The second kappa shape index (κ2) is 11.1. The number of hydrogen-bond acceptors (Lipinski definition) is 4. The monoisotopic (exact) mass is 493 g/mol. The third kappa shape index (κ3) is 6.64. The van der Waals surface area contributed by atoms with Gasteiger partial charge in [0, 0.05) is 30.0 Å². The quantitative estimate of drug-likeness (QED) is 0.340. The summed E-state index contributed by atoms with van der Waals surface area (Å²) in [5, 5.41) is 15.8. The van der Waals surface area contributed by atoms with Crippen molar-refractivity contribution >= 4 is 5.91 Å². The van der Waals surface area contributed by atoms with Crippen LogP contribution in [0.3, 0.4) is 0 Å². The first-order valence-corrected chi connectivity index (χ1v) is 11.5. The van der Waals surface area contributed by atoms with Crippen molar-refractivity contribution in [2.75, 3.05) is 33.7 Å². The molecule has 0 aromatic carbocycles. The Balaban J connectivity index is 0.00000841. The first-order chi connectivity index (χ1) is 13.2. The van der Waals surface area contributed by atoms with Crippen molar-refractivity contribution in [3.05, 3.63) is 0 Å². The van der Waals surface area contributed by atoms with Crippen molar-refractivity contribution in [2.45, 2.75) is 104 Å². The largest absolute Gasteiger partial charge is 1.00 e. The smallest absolute Gasteiger partial charge is 0.253 e. The molecule has 7 heteroatoms. The number of rotatable bonds is 10. The van der Waals surface area contributed by atoms with Crippen molar-refractivity contribution in [1.82, 2.24) is 10.4 Å². The number of halogens is 1. The number of aliphatic hydroxyl groups is 1. The first kappa shape index (κ1) is 29.8. The molecule has 0 aliphatic carbocycles.